The normalized spacial score (nSPS) is 52.2. The standard InChI is InChI=1S/C24H37FN2O/c1-15-22(25)13-21-19-5-4-16-12-17(27-28-18-8-11-26-14-18)6-9-24(16,3)20(19)7-10-23(15,21)2/h16,18-22,26H,1,4-14H2,2-3H3/b27-17+. The summed E-state index contributed by atoms with van der Waals surface area (Å²) >= 11 is 0. The fourth-order valence-corrected chi connectivity index (χ4v) is 7.89. The monoisotopic (exact) mass is 388 g/mol. The van der Waals surface area contributed by atoms with Gasteiger partial charge in [-0.3, -0.25) is 0 Å². The van der Waals surface area contributed by atoms with Gasteiger partial charge in [0.05, 0.1) is 5.71 Å². The van der Waals surface area contributed by atoms with Crippen LogP contribution in [0.3, 0.4) is 0 Å². The SMILES string of the molecule is C=C1C(F)CC2C3CCC4C/C(=N/OC5CCNC5)CCC4(C)C3CCC12C. The van der Waals surface area contributed by atoms with Crippen molar-refractivity contribution >= 4 is 5.71 Å². The molecule has 5 aliphatic rings. The third-order valence-electron chi connectivity index (χ3n) is 9.81. The minimum Gasteiger partial charge on any atom is -0.391 e. The fourth-order valence-electron chi connectivity index (χ4n) is 7.89. The molecule has 1 saturated heterocycles. The highest BCUT2D eigenvalue weighted by atomic mass is 19.1. The zero-order valence-electron chi connectivity index (χ0n) is 17.7. The molecule has 1 N–H and O–H groups in total. The van der Waals surface area contributed by atoms with Crippen molar-refractivity contribution in [3.8, 4) is 0 Å². The summed E-state index contributed by atoms with van der Waals surface area (Å²) in [5.74, 6) is 2.68. The number of allylic oxidation sites excluding steroid dienone is 1. The van der Waals surface area contributed by atoms with Gasteiger partial charge >= 0.3 is 0 Å². The van der Waals surface area contributed by atoms with E-state index >= 15 is 0 Å². The molecule has 5 fully saturated rings. The van der Waals surface area contributed by atoms with Gasteiger partial charge in [0.25, 0.3) is 0 Å². The third kappa shape index (κ3) is 2.80. The minimum atomic E-state index is -0.772. The van der Waals surface area contributed by atoms with Crippen LogP contribution in [-0.4, -0.2) is 31.1 Å². The number of nitrogens with one attached hydrogen (secondary N) is 1. The van der Waals surface area contributed by atoms with Crippen LogP contribution in [0.25, 0.3) is 0 Å². The van der Waals surface area contributed by atoms with Crippen LogP contribution in [-0.2, 0) is 4.84 Å². The second-order valence-electron chi connectivity index (χ2n) is 10.9. The van der Waals surface area contributed by atoms with Crippen molar-refractivity contribution in [2.24, 2.45) is 39.7 Å². The Morgan fingerprint density at radius 2 is 2.00 bits per heavy atom. The Balaban J connectivity index is 1.31. The lowest BCUT2D eigenvalue weighted by Crippen LogP contribution is -2.52. The molecule has 0 aromatic heterocycles. The molecule has 0 amide bonds. The number of alkyl halides is 1. The predicted octanol–water partition coefficient (Wildman–Crippen LogP) is 5.27. The van der Waals surface area contributed by atoms with Crippen LogP contribution in [0.2, 0.25) is 0 Å². The summed E-state index contributed by atoms with van der Waals surface area (Å²) in [7, 11) is 0. The van der Waals surface area contributed by atoms with Gasteiger partial charge < -0.3 is 10.2 Å². The van der Waals surface area contributed by atoms with Gasteiger partial charge in [-0.25, -0.2) is 4.39 Å². The van der Waals surface area contributed by atoms with Gasteiger partial charge in [-0.2, -0.15) is 0 Å². The number of nitrogens with zero attached hydrogens (tertiary/aromatic N) is 1. The Labute approximate surface area is 169 Å². The number of hydrogen-bond donors (Lipinski definition) is 1. The van der Waals surface area contributed by atoms with Crippen LogP contribution < -0.4 is 5.32 Å². The molecule has 0 spiro atoms. The number of hydrogen-bond acceptors (Lipinski definition) is 3. The van der Waals surface area contributed by atoms with Crippen LogP contribution in [0, 0.1) is 34.5 Å². The summed E-state index contributed by atoms with van der Waals surface area (Å²) in [6.45, 7) is 11.0. The Kier molecular flexibility index (Phi) is 4.65. The highest BCUT2D eigenvalue weighted by molar-refractivity contribution is 5.85. The molecular weight excluding hydrogens is 351 g/mol. The van der Waals surface area contributed by atoms with Gasteiger partial charge in [0.1, 0.15) is 12.3 Å². The average Bonchev–Trinajstić information content (AvgIpc) is 3.28. The molecule has 4 aliphatic carbocycles. The maximum Gasteiger partial charge on any atom is 0.141 e. The predicted molar refractivity (Wildman–Crippen MR) is 111 cm³/mol. The lowest BCUT2D eigenvalue weighted by atomic mass is 9.45. The zero-order chi connectivity index (χ0) is 19.5. The van der Waals surface area contributed by atoms with Gasteiger partial charge in [-0.05, 0) is 98.0 Å². The lowest BCUT2D eigenvalue weighted by molar-refractivity contribution is -0.0865. The molecule has 8 atom stereocenters. The molecule has 3 nitrogen and oxygen atoms in total. The van der Waals surface area contributed by atoms with Gasteiger partial charge in [0.15, 0.2) is 0 Å². The number of fused-ring (bicyclic) bond motifs is 5. The van der Waals surface area contributed by atoms with E-state index in [9.17, 15) is 4.39 Å². The molecule has 0 aromatic carbocycles. The molecule has 1 heterocycles. The van der Waals surface area contributed by atoms with E-state index in [2.05, 4.69) is 30.9 Å². The summed E-state index contributed by atoms with van der Waals surface area (Å²) in [6.07, 6.45) is 9.65. The first kappa shape index (κ1) is 19.1. The van der Waals surface area contributed by atoms with Crippen molar-refractivity contribution in [2.75, 3.05) is 13.1 Å². The van der Waals surface area contributed by atoms with E-state index in [0.717, 1.165) is 62.6 Å². The topological polar surface area (TPSA) is 33.6 Å². The maximum absolute atomic E-state index is 14.6. The van der Waals surface area contributed by atoms with Gasteiger partial charge in [0.2, 0.25) is 0 Å². The molecule has 4 heteroatoms. The van der Waals surface area contributed by atoms with Crippen molar-refractivity contribution < 1.29 is 9.23 Å². The van der Waals surface area contributed by atoms with E-state index in [1.54, 1.807) is 0 Å². The summed E-state index contributed by atoms with van der Waals surface area (Å²) in [5, 5.41) is 7.93. The highest BCUT2D eigenvalue weighted by Gasteiger charge is 2.60. The van der Waals surface area contributed by atoms with E-state index < -0.39 is 6.17 Å². The number of halogens is 1. The first-order valence-corrected chi connectivity index (χ1v) is 11.7. The third-order valence-corrected chi connectivity index (χ3v) is 9.81. The fraction of sp³-hybridized carbons (Fsp3) is 0.875. The molecule has 1 aliphatic heterocycles. The molecule has 8 unspecified atom stereocenters. The van der Waals surface area contributed by atoms with Crippen LogP contribution in [0.15, 0.2) is 17.3 Å². The van der Waals surface area contributed by atoms with Crippen LogP contribution in [0.4, 0.5) is 4.39 Å². The van der Waals surface area contributed by atoms with E-state index in [1.165, 1.54) is 31.4 Å². The van der Waals surface area contributed by atoms with Crippen LogP contribution >= 0.6 is 0 Å². The van der Waals surface area contributed by atoms with Crippen LogP contribution in [0.5, 0.6) is 0 Å². The summed E-state index contributed by atoms with van der Waals surface area (Å²) in [4.78, 5) is 5.83. The number of oxime groups is 1. The second kappa shape index (κ2) is 6.82. The van der Waals surface area contributed by atoms with Crippen molar-refractivity contribution in [2.45, 2.75) is 83.9 Å². The molecule has 0 aromatic rings. The largest absolute Gasteiger partial charge is 0.391 e. The Hall–Kier alpha value is -0.900. The van der Waals surface area contributed by atoms with Crippen molar-refractivity contribution in [3.63, 3.8) is 0 Å². The quantitative estimate of drug-likeness (QED) is 0.516. The Morgan fingerprint density at radius 3 is 2.79 bits per heavy atom. The van der Waals surface area contributed by atoms with E-state index in [1.807, 2.05) is 0 Å². The van der Waals surface area contributed by atoms with Crippen molar-refractivity contribution in [3.05, 3.63) is 12.2 Å². The summed E-state index contributed by atoms with van der Waals surface area (Å²) < 4.78 is 14.6. The first-order valence-electron chi connectivity index (χ1n) is 11.7. The van der Waals surface area contributed by atoms with Gasteiger partial charge in [-0.15, -0.1) is 0 Å². The minimum absolute atomic E-state index is 0.0498. The molecule has 0 radical (unpaired) electrons. The Morgan fingerprint density at radius 1 is 1.14 bits per heavy atom. The first-order chi connectivity index (χ1) is 13.4. The molecular formula is C24H37FN2O. The van der Waals surface area contributed by atoms with Crippen molar-refractivity contribution in [1.29, 1.82) is 0 Å². The highest BCUT2D eigenvalue weighted by Crippen LogP contribution is 2.67. The molecule has 156 valence electrons. The van der Waals surface area contributed by atoms with Gasteiger partial charge in [-0.1, -0.05) is 25.6 Å². The summed E-state index contributed by atoms with van der Waals surface area (Å²) in [6, 6.07) is 0. The smallest absolute Gasteiger partial charge is 0.141 e. The maximum atomic E-state index is 14.6. The molecule has 4 saturated carbocycles. The summed E-state index contributed by atoms with van der Waals surface area (Å²) in [5.41, 5.74) is 2.63. The number of rotatable bonds is 2. The molecule has 0 bridgehead atoms. The van der Waals surface area contributed by atoms with Gasteiger partial charge in [0, 0.05) is 13.0 Å². The van der Waals surface area contributed by atoms with Crippen molar-refractivity contribution in [1.82, 2.24) is 5.32 Å². The lowest BCUT2D eigenvalue weighted by Gasteiger charge is -2.59. The molecule has 5 rings (SSSR count). The molecule has 28 heavy (non-hydrogen) atoms. The van der Waals surface area contributed by atoms with E-state index in [0.29, 0.717) is 17.3 Å². The zero-order valence-corrected chi connectivity index (χ0v) is 17.7. The Bertz CT molecular complexity index is 672. The van der Waals surface area contributed by atoms with E-state index in [4.69, 9.17) is 4.84 Å². The van der Waals surface area contributed by atoms with Crippen LogP contribution in [0.1, 0.15) is 71.6 Å². The van der Waals surface area contributed by atoms with E-state index in [-0.39, 0.29) is 11.5 Å². The second-order valence-corrected chi connectivity index (χ2v) is 10.9. The average molecular weight is 389 g/mol.